The van der Waals surface area contributed by atoms with Crippen molar-refractivity contribution in [2.24, 2.45) is 5.84 Å². The van der Waals surface area contributed by atoms with Crippen molar-refractivity contribution in [1.82, 2.24) is 5.43 Å². The van der Waals surface area contributed by atoms with Crippen molar-refractivity contribution in [3.8, 4) is 0 Å². The van der Waals surface area contributed by atoms with Crippen molar-refractivity contribution < 1.29 is 9.59 Å². The Morgan fingerprint density at radius 2 is 1.04 bits per heavy atom. The number of hydrogen-bond acceptors (Lipinski definition) is 3. The molecule has 0 atom stereocenters. The summed E-state index contributed by atoms with van der Waals surface area (Å²) in [6, 6.07) is 29.4. The van der Waals surface area contributed by atoms with E-state index in [1.807, 2.05) is 96.4 Å². The smallest absolute Gasteiger partial charge is 0.287 e. The minimum Gasteiger partial charge on any atom is -0.287 e. The summed E-state index contributed by atoms with van der Waals surface area (Å²) in [6.07, 6.45) is 0. The van der Waals surface area contributed by atoms with Gasteiger partial charge in [0, 0.05) is 5.80 Å². The fourth-order valence-corrected chi connectivity index (χ4v) is 6.70. The maximum atomic E-state index is 12.6. The van der Waals surface area contributed by atoms with E-state index in [9.17, 15) is 9.59 Å². The number of ketones is 1. The van der Waals surface area contributed by atoms with Gasteiger partial charge in [0.05, 0.1) is 0 Å². The highest BCUT2D eigenvalue weighted by atomic mass is 31.2. The quantitative estimate of drug-likeness (QED) is 0.237. The lowest BCUT2D eigenvalue weighted by Crippen LogP contribution is -2.38. The van der Waals surface area contributed by atoms with E-state index in [-0.39, 0.29) is 0 Å². The van der Waals surface area contributed by atoms with Gasteiger partial charge in [-0.15, -0.1) is 0 Å². The molecule has 0 spiro atoms. The fraction of sp³-hybridized carbons (Fsp3) is 0. The summed E-state index contributed by atoms with van der Waals surface area (Å²) < 4.78 is 0. The van der Waals surface area contributed by atoms with Crippen LogP contribution in [0.3, 0.4) is 0 Å². The van der Waals surface area contributed by atoms with Gasteiger partial charge >= 0.3 is 5.91 Å². The summed E-state index contributed by atoms with van der Waals surface area (Å²) in [5, 5.41) is 2.99. The predicted molar refractivity (Wildman–Crippen MR) is 109 cm³/mol. The molecule has 3 N–H and O–H groups in total. The van der Waals surface area contributed by atoms with E-state index in [2.05, 4.69) is 0 Å². The Morgan fingerprint density at radius 3 is 1.35 bits per heavy atom. The second-order valence-electron chi connectivity index (χ2n) is 5.70. The number of nitrogens with one attached hydrogen (secondary N) is 1. The van der Waals surface area contributed by atoms with Gasteiger partial charge in [0.25, 0.3) is 0 Å². The van der Waals surface area contributed by atoms with E-state index in [0.29, 0.717) is 0 Å². The van der Waals surface area contributed by atoms with Crippen molar-refractivity contribution in [1.29, 1.82) is 0 Å². The Bertz CT molecular complexity index is 852. The maximum Gasteiger partial charge on any atom is 0.305 e. The summed E-state index contributed by atoms with van der Waals surface area (Å²) in [5.41, 5.74) is 1.94. The molecule has 5 heteroatoms. The van der Waals surface area contributed by atoms with Crippen LogP contribution in [-0.4, -0.2) is 17.5 Å². The molecule has 0 aromatic heterocycles. The average molecular weight is 362 g/mol. The highest BCUT2D eigenvalue weighted by molar-refractivity contribution is 7.95. The number of carbonyl (C=O) groups is 2. The van der Waals surface area contributed by atoms with Gasteiger partial charge in [-0.2, -0.15) is 0 Å². The van der Waals surface area contributed by atoms with Gasteiger partial charge in [0.15, 0.2) is 0 Å². The Labute approximate surface area is 152 Å². The first kappa shape index (κ1) is 17.9. The van der Waals surface area contributed by atoms with Gasteiger partial charge in [-0.25, -0.2) is 5.84 Å². The lowest BCUT2D eigenvalue weighted by Gasteiger charge is -2.28. The van der Waals surface area contributed by atoms with Crippen molar-refractivity contribution >= 4 is 40.3 Å². The Balaban J connectivity index is 2.42. The molecule has 3 aromatic carbocycles. The van der Waals surface area contributed by atoms with Crippen LogP contribution in [0.1, 0.15) is 0 Å². The third-order valence-corrected chi connectivity index (χ3v) is 8.12. The number of nitrogens with two attached hydrogens (primary N) is 1. The van der Waals surface area contributed by atoms with Crippen molar-refractivity contribution in [2.75, 3.05) is 0 Å². The van der Waals surface area contributed by atoms with Gasteiger partial charge in [-0.05, 0) is 22.8 Å². The maximum absolute atomic E-state index is 12.6. The molecule has 0 unspecified atom stereocenters. The molecule has 3 aromatic rings. The monoisotopic (exact) mass is 362 g/mol. The number of carbonyl (C=O) groups excluding carboxylic acids is 2. The Morgan fingerprint density at radius 1 is 0.692 bits per heavy atom. The number of hydrogen-bond donors (Lipinski definition) is 2. The topological polar surface area (TPSA) is 72.2 Å². The normalized spacial score (nSPS) is 10.8. The number of Topliss-reactive ketones (excluding diaryl/α,β-unsaturated/α-hetero) is 1. The second kappa shape index (κ2) is 7.96. The third kappa shape index (κ3) is 3.38. The van der Waals surface area contributed by atoms with E-state index in [0.717, 1.165) is 15.9 Å². The molecule has 0 aliphatic rings. The zero-order chi connectivity index (χ0) is 18.4. The van der Waals surface area contributed by atoms with Gasteiger partial charge in [-0.3, -0.25) is 15.0 Å². The molecular weight excluding hydrogens is 343 g/mol. The van der Waals surface area contributed by atoms with Crippen LogP contribution >= 0.6 is 6.89 Å². The van der Waals surface area contributed by atoms with Crippen molar-refractivity contribution in [2.45, 2.75) is 0 Å². The minimum atomic E-state index is -2.47. The first-order valence-corrected chi connectivity index (χ1v) is 10.0. The average Bonchev–Trinajstić information content (AvgIpc) is 2.73. The van der Waals surface area contributed by atoms with Crippen LogP contribution in [-0.2, 0) is 9.59 Å². The summed E-state index contributed by atoms with van der Waals surface area (Å²) >= 11 is 0. The lowest BCUT2D eigenvalue weighted by molar-refractivity contribution is -0.133. The van der Waals surface area contributed by atoms with E-state index in [4.69, 9.17) is 5.84 Å². The van der Waals surface area contributed by atoms with Crippen LogP contribution < -0.4 is 27.2 Å². The third-order valence-electron chi connectivity index (χ3n) is 4.16. The molecular formula is C21H19N2O2P. The standard InChI is InChI=1S/C21H19N2O2P/c22-23-21(25)20(24)16-26(17-10-4-1-5-11-17,18-12-6-2-7-13-18)19-14-8-3-9-15-19/h1-16H,22H2,(H,23,25). The molecule has 0 aliphatic heterocycles. The van der Waals surface area contributed by atoms with E-state index in [1.165, 1.54) is 0 Å². The molecule has 0 fully saturated rings. The van der Waals surface area contributed by atoms with Crippen molar-refractivity contribution in [3.63, 3.8) is 0 Å². The van der Waals surface area contributed by atoms with Crippen LogP contribution in [0.15, 0.2) is 91.0 Å². The van der Waals surface area contributed by atoms with Crippen LogP contribution in [0.25, 0.3) is 0 Å². The predicted octanol–water partition coefficient (Wildman–Crippen LogP) is 1.34. The number of hydrazine groups is 1. The highest BCUT2D eigenvalue weighted by Crippen LogP contribution is 2.43. The van der Waals surface area contributed by atoms with Crippen LogP contribution in [0.4, 0.5) is 0 Å². The Kier molecular flexibility index (Phi) is 5.47. The van der Waals surface area contributed by atoms with Crippen LogP contribution in [0, 0.1) is 0 Å². The summed E-state index contributed by atoms with van der Waals surface area (Å²) in [5.74, 6) is 5.27. The largest absolute Gasteiger partial charge is 0.305 e. The first-order valence-electron chi connectivity index (χ1n) is 8.15. The molecule has 0 radical (unpaired) electrons. The zero-order valence-corrected chi connectivity index (χ0v) is 15.0. The second-order valence-corrected chi connectivity index (χ2v) is 8.95. The molecule has 0 heterocycles. The summed E-state index contributed by atoms with van der Waals surface area (Å²) in [7, 11) is 0. The molecule has 0 aliphatic carbocycles. The van der Waals surface area contributed by atoms with Crippen LogP contribution in [0.5, 0.6) is 0 Å². The first-order chi connectivity index (χ1) is 12.7. The molecule has 4 nitrogen and oxygen atoms in total. The molecule has 1 amide bonds. The zero-order valence-electron chi connectivity index (χ0n) is 14.1. The fourth-order valence-electron chi connectivity index (χ4n) is 2.97. The van der Waals surface area contributed by atoms with E-state index < -0.39 is 18.6 Å². The number of benzene rings is 3. The van der Waals surface area contributed by atoms with Crippen molar-refractivity contribution in [3.05, 3.63) is 91.0 Å². The molecule has 0 saturated carbocycles. The van der Waals surface area contributed by atoms with Crippen LogP contribution in [0.2, 0.25) is 0 Å². The van der Waals surface area contributed by atoms with Gasteiger partial charge in [0.2, 0.25) is 5.78 Å². The summed E-state index contributed by atoms with van der Waals surface area (Å²) in [4.78, 5) is 24.5. The molecule has 0 bridgehead atoms. The minimum absolute atomic E-state index is 0.641. The number of amides is 1. The summed E-state index contributed by atoms with van der Waals surface area (Å²) in [6.45, 7) is -2.47. The SMILES string of the molecule is NNC(=O)C(=O)C=P(c1ccccc1)(c1ccccc1)c1ccccc1. The number of rotatable bonds is 5. The molecule has 130 valence electrons. The van der Waals surface area contributed by atoms with Gasteiger partial charge in [-0.1, -0.05) is 91.0 Å². The van der Waals surface area contributed by atoms with Gasteiger partial charge < -0.3 is 0 Å². The van der Waals surface area contributed by atoms with Gasteiger partial charge in [0.1, 0.15) is 0 Å². The lowest BCUT2D eigenvalue weighted by atomic mass is 10.4. The Hall–Kier alpha value is -2.94. The van der Waals surface area contributed by atoms with E-state index in [1.54, 1.807) is 5.80 Å². The van der Waals surface area contributed by atoms with E-state index >= 15 is 0 Å². The highest BCUT2D eigenvalue weighted by Gasteiger charge is 2.27. The molecule has 3 rings (SSSR count). The molecule has 26 heavy (non-hydrogen) atoms. The molecule has 0 saturated heterocycles.